The standard InChI is InChI=1S/C11H13N3S/c1-14(8-11-6-13-9-15-11)7-10-2-4-12-5-3-10/h2-6,9H,7-8H2,1H3. The number of thiazole rings is 1. The van der Waals surface area contributed by atoms with Crippen LogP contribution in [-0.4, -0.2) is 21.9 Å². The van der Waals surface area contributed by atoms with E-state index in [1.807, 2.05) is 36.2 Å². The number of rotatable bonds is 4. The van der Waals surface area contributed by atoms with Gasteiger partial charge in [-0.2, -0.15) is 0 Å². The summed E-state index contributed by atoms with van der Waals surface area (Å²) in [6.45, 7) is 1.90. The van der Waals surface area contributed by atoms with Crippen LogP contribution in [0.1, 0.15) is 10.4 Å². The van der Waals surface area contributed by atoms with E-state index >= 15 is 0 Å². The molecule has 0 radical (unpaired) electrons. The number of hydrogen-bond acceptors (Lipinski definition) is 4. The van der Waals surface area contributed by atoms with Crippen LogP contribution < -0.4 is 0 Å². The summed E-state index contributed by atoms with van der Waals surface area (Å²) in [5.74, 6) is 0. The van der Waals surface area contributed by atoms with E-state index in [1.165, 1.54) is 10.4 Å². The van der Waals surface area contributed by atoms with Gasteiger partial charge in [0.15, 0.2) is 0 Å². The van der Waals surface area contributed by atoms with E-state index in [2.05, 4.69) is 21.9 Å². The number of nitrogens with zero attached hydrogens (tertiary/aromatic N) is 3. The van der Waals surface area contributed by atoms with Crippen molar-refractivity contribution >= 4 is 11.3 Å². The lowest BCUT2D eigenvalue weighted by molar-refractivity contribution is 0.321. The summed E-state index contributed by atoms with van der Waals surface area (Å²) in [6.07, 6.45) is 5.58. The van der Waals surface area contributed by atoms with Crippen LogP contribution in [0.2, 0.25) is 0 Å². The molecule has 0 bridgehead atoms. The second-order valence-electron chi connectivity index (χ2n) is 3.50. The van der Waals surface area contributed by atoms with Gasteiger partial charge in [-0.3, -0.25) is 14.9 Å². The maximum Gasteiger partial charge on any atom is 0.0794 e. The molecule has 4 heteroatoms. The molecule has 0 fully saturated rings. The van der Waals surface area contributed by atoms with Gasteiger partial charge in [0, 0.05) is 36.6 Å². The Balaban J connectivity index is 1.90. The highest BCUT2D eigenvalue weighted by Crippen LogP contribution is 2.10. The Hall–Kier alpha value is -1.26. The SMILES string of the molecule is CN(Cc1ccncc1)Cc1cncs1. The molecule has 2 aromatic heterocycles. The van der Waals surface area contributed by atoms with E-state index in [0.717, 1.165) is 13.1 Å². The predicted octanol–water partition coefficient (Wildman–Crippen LogP) is 2.17. The quantitative estimate of drug-likeness (QED) is 0.789. The zero-order valence-electron chi connectivity index (χ0n) is 8.63. The Morgan fingerprint density at radius 2 is 2.00 bits per heavy atom. The molecule has 78 valence electrons. The fraction of sp³-hybridized carbons (Fsp3) is 0.273. The van der Waals surface area contributed by atoms with Crippen molar-refractivity contribution in [1.82, 2.24) is 14.9 Å². The molecular weight excluding hydrogens is 206 g/mol. The summed E-state index contributed by atoms with van der Waals surface area (Å²) < 4.78 is 0. The van der Waals surface area contributed by atoms with Crippen LogP contribution >= 0.6 is 11.3 Å². The van der Waals surface area contributed by atoms with Gasteiger partial charge in [0.1, 0.15) is 0 Å². The van der Waals surface area contributed by atoms with E-state index in [0.29, 0.717) is 0 Å². The van der Waals surface area contributed by atoms with Gasteiger partial charge in [-0.05, 0) is 24.7 Å². The van der Waals surface area contributed by atoms with E-state index in [4.69, 9.17) is 0 Å². The third-order valence-electron chi connectivity index (χ3n) is 2.11. The van der Waals surface area contributed by atoms with Crippen molar-refractivity contribution in [2.75, 3.05) is 7.05 Å². The first-order chi connectivity index (χ1) is 7.34. The molecule has 0 atom stereocenters. The summed E-state index contributed by atoms with van der Waals surface area (Å²) in [7, 11) is 2.11. The minimum absolute atomic E-state index is 0.945. The van der Waals surface area contributed by atoms with Crippen LogP contribution in [0.4, 0.5) is 0 Å². The van der Waals surface area contributed by atoms with Crippen LogP contribution in [0, 0.1) is 0 Å². The largest absolute Gasteiger partial charge is 0.297 e. The molecule has 0 saturated heterocycles. The Kier molecular flexibility index (Phi) is 3.42. The van der Waals surface area contributed by atoms with Crippen molar-refractivity contribution in [2.45, 2.75) is 13.1 Å². The normalized spacial score (nSPS) is 10.8. The van der Waals surface area contributed by atoms with Crippen molar-refractivity contribution in [1.29, 1.82) is 0 Å². The minimum atomic E-state index is 0.945. The number of pyridine rings is 1. The summed E-state index contributed by atoms with van der Waals surface area (Å²) >= 11 is 1.70. The average molecular weight is 219 g/mol. The fourth-order valence-corrected chi connectivity index (χ4v) is 2.12. The minimum Gasteiger partial charge on any atom is -0.297 e. The van der Waals surface area contributed by atoms with Gasteiger partial charge in [-0.15, -0.1) is 11.3 Å². The highest BCUT2D eigenvalue weighted by atomic mass is 32.1. The molecule has 0 spiro atoms. The molecule has 0 unspecified atom stereocenters. The van der Waals surface area contributed by atoms with Crippen molar-refractivity contribution in [3.63, 3.8) is 0 Å². The first-order valence-electron chi connectivity index (χ1n) is 4.79. The van der Waals surface area contributed by atoms with E-state index < -0.39 is 0 Å². The Morgan fingerprint density at radius 3 is 2.67 bits per heavy atom. The topological polar surface area (TPSA) is 29.0 Å². The van der Waals surface area contributed by atoms with Gasteiger partial charge in [0.05, 0.1) is 5.51 Å². The zero-order valence-corrected chi connectivity index (χ0v) is 9.44. The molecule has 0 N–H and O–H groups in total. The maximum absolute atomic E-state index is 4.06. The molecule has 0 amide bonds. The van der Waals surface area contributed by atoms with Crippen LogP contribution in [0.5, 0.6) is 0 Å². The third-order valence-corrected chi connectivity index (χ3v) is 2.88. The van der Waals surface area contributed by atoms with Gasteiger partial charge >= 0.3 is 0 Å². The zero-order chi connectivity index (χ0) is 10.5. The maximum atomic E-state index is 4.06. The Bertz CT molecular complexity index is 385. The van der Waals surface area contributed by atoms with Crippen molar-refractivity contribution in [3.8, 4) is 0 Å². The van der Waals surface area contributed by atoms with Crippen molar-refractivity contribution in [2.24, 2.45) is 0 Å². The van der Waals surface area contributed by atoms with Crippen LogP contribution in [0.25, 0.3) is 0 Å². The molecular formula is C11H13N3S. The Labute approximate surface area is 93.4 Å². The van der Waals surface area contributed by atoms with Gasteiger partial charge < -0.3 is 0 Å². The predicted molar refractivity (Wildman–Crippen MR) is 61.5 cm³/mol. The number of aromatic nitrogens is 2. The lowest BCUT2D eigenvalue weighted by Crippen LogP contribution is -2.16. The first kappa shape index (κ1) is 10.3. The molecule has 2 heterocycles. The van der Waals surface area contributed by atoms with Crippen molar-refractivity contribution in [3.05, 3.63) is 46.7 Å². The highest BCUT2D eigenvalue weighted by molar-refractivity contribution is 7.09. The Morgan fingerprint density at radius 1 is 1.20 bits per heavy atom. The lowest BCUT2D eigenvalue weighted by Gasteiger charge is -2.14. The summed E-state index contributed by atoms with van der Waals surface area (Å²) in [5, 5.41) is 0. The van der Waals surface area contributed by atoms with E-state index in [1.54, 1.807) is 11.3 Å². The second-order valence-corrected chi connectivity index (χ2v) is 4.47. The molecule has 2 rings (SSSR count). The molecule has 0 aliphatic rings. The monoisotopic (exact) mass is 219 g/mol. The summed E-state index contributed by atoms with van der Waals surface area (Å²) in [4.78, 5) is 11.6. The second kappa shape index (κ2) is 5.00. The summed E-state index contributed by atoms with van der Waals surface area (Å²) in [5.41, 5.74) is 3.16. The van der Waals surface area contributed by atoms with Crippen molar-refractivity contribution < 1.29 is 0 Å². The first-order valence-corrected chi connectivity index (χ1v) is 5.67. The van der Waals surface area contributed by atoms with Crippen LogP contribution in [0.15, 0.2) is 36.2 Å². The van der Waals surface area contributed by atoms with E-state index in [9.17, 15) is 0 Å². The number of hydrogen-bond donors (Lipinski definition) is 0. The van der Waals surface area contributed by atoms with Gasteiger partial charge in [-0.25, -0.2) is 0 Å². The average Bonchev–Trinajstić information content (AvgIpc) is 2.71. The molecule has 2 aromatic rings. The smallest absolute Gasteiger partial charge is 0.0794 e. The molecule has 0 saturated carbocycles. The molecule has 0 aliphatic heterocycles. The third kappa shape index (κ3) is 3.11. The van der Waals surface area contributed by atoms with Gasteiger partial charge in [0.25, 0.3) is 0 Å². The van der Waals surface area contributed by atoms with Gasteiger partial charge in [-0.1, -0.05) is 0 Å². The summed E-state index contributed by atoms with van der Waals surface area (Å²) in [6, 6.07) is 4.09. The van der Waals surface area contributed by atoms with Crippen LogP contribution in [-0.2, 0) is 13.1 Å². The highest BCUT2D eigenvalue weighted by Gasteiger charge is 2.02. The van der Waals surface area contributed by atoms with Gasteiger partial charge in [0.2, 0.25) is 0 Å². The fourth-order valence-electron chi connectivity index (χ4n) is 1.44. The van der Waals surface area contributed by atoms with E-state index in [-0.39, 0.29) is 0 Å². The molecule has 0 aliphatic carbocycles. The lowest BCUT2D eigenvalue weighted by atomic mass is 10.2. The molecule has 15 heavy (non-hydrogen) atoms. The molecule has 0 aromatic carbocycles. The van der Waals surface area contributed by atoms with Crippen LogP contribution in [0.3, 0.4) is 0 Å². The molecule has 3 nitrogen and oxygen atoms in total.